The van der Waals surface area contributed by atoms with Crippen molar-refractivity contribution >= 4 is 0 Å². The molecule has 1 rings (SSSR count). The molecule has 0 aromatic heterocycles. The highest BCUT2D eigenvalue weighted by molar-refractivity contribution is 4.76. The van der Waals surface area contributed by atoms with Gasteiger partial charge in [-0.25, -0.2) is 0 Å². The molecule has 2 N–H and O–H groups in total. The normalized spacial score (nSPS) is 27.6. The minimum atomic E-state index is -0.597. The van der Waals surface area contributed by atoms with Gasteiger partial charge in [-0.3, -0.25) is 0 Å². The van der Waals surface area contributed by atoms with Gasteiger partial charge >= 0.3 is 0 Å². The van der Waals surface area contributed by atoms with E-state index in [9.17, 15) is 5.11 Å². The SMILES string of the molecule is CCC(C)(O)CNCC1CN(C)CCO1. The van der Waals surface area contributed by atoms with E-state index in [4.69, 9.17) is 4.74 Å². The third-order valence-corrected chi connectivity index (χ3v) is 2.98. The Labute approximate surface area is 92.6 Å². The van der Waals surface area contributed by atoms with E-state index in [1.165, 1.54) is 0 Å². The lowest BCUT2D eigenvalue weighted by atomic mass is 10.0. The highest BCUT2D eigenvalue weighted by Gasteiger charge is 2.20. The minimum Gasteiger partial charge on any atom is -0.389 e. The van der Waals surface area contributed by atoms with E-state index in [-0.39, 0.29) is 6.10 Å². The molecule has 1 fully saturated rings. The molecule has 4 heteroatoms. The lowest BCUT2D eigenvalue weighted by Crippen LogP contribution is -2.47. The van der Waals surface area contributed by atoms with Crippen molar-refractivity contribution in [2.75, 3.05) is 39.8 Å². The van der Waals surface area contributed by atoms with Crippen LogP contribution >= 0.6 is 0 Å². The van der Waals surface area contributed by atoms with Crippen LogP contribution in [-0.4, -0.2) is 61.5 Å². The Morgan fingerprint density at radius 1 is 1.60 bits per heavy atom. The average Bonchev–Trinajstić information content (AvgIpc) is 2.18. The van der Waals surface area contributed by atoms with E-state index in [0.717, 1.165) is 32.7 Å². The molecule has 0 aromatic carbocycles. The zero-order valence-electron chi connectivity index (χ0n) is 10.1. The molecule has 0 aromatic rings. The van der Waals surface area contributed by atoms with Crippen LogP contribution in [0.5, 0.6) is 0 Å². The zero-order chi connectivity index (χ0) is 11.3. The molecule has 4 nitrogen and oxygen atoms in total. The Morgan fingerprint density at radius 2 is 2.33 bits per heavy atom. The number of nitrogens with one attached hydrogen (secondary N) is 1. The van der Waals surface area contributed by atoms with Gasteiger partial charge in [0.15, 0.2) is 0 Å². The van der Waals surface area contributed by atoms with Crippen LogP contribution in [0.25, 0.3) is 0 Å². The van der Waals surface area contributed by atoms with Gasteiger partial charge < -0.3 is 20.1 Å². The maximum absolute atomic E-state index is 9.79. The van der Waals surface area contributed by atoms with Crippen molar-refractivity contribution < 1.29 is 9.84 Å². The van der Waals surface area contributed by atoms with Crippen molar-refractivity contribution in [2.24, 2.45) is 0 Å². The summed E-state index contributed by atoms with van der Waals surface area (Å²) in [5.41, 5.74) is -0.597. The maximum atomic E-state index is 9.79. The van der Waals surface area contributed by atoms with E-state index in [2.05, 4.69) is 17.3 Å². The third kappa shape index (κ3) is 4.93. The molecular weight excluding hydrogens is 192 g/mol. The molecule has 2 atom stereocenters. The molecule has 0 saturated carbocycles. The number of aliphatic hydroxyl groups is 1. The lowest BCUT2D eigenvalue weighted by molar-refractivity contribution is -0.0219. The number of nitrogens with zero attached hydrogens (tertiary/aromatic N) is 1. The summed E-state index contributed by atoms with van der Waals surface area (Å²) in [5.74, 6) is 0. The highest BCUT2D eigenvalue weighted by Crippen LogP contribution is 2.07. The standard InChI is InChI=1S/C11H24N2O2/c1-4-11(2,14)9-12-7-10-8-13(3)5-6-15-10/h10,12,14H,4-9H2,1-3H3. The molecule has 1 aliphatic heterocycles. The summed E-state index contributed by atoms with van der Waals surface area (Å²) in [6.07, 6.45) is 1.03. The first-order valence-electron chi connectivity index (χ1n) is 5.77. The molecule has 0 bridgehead atoms. The first-order valence-corrected chi connectivity index (χ1v) is 5.77. The lowest BCUT2D eigenvalue weighted by Gasteiger charge is -2.31. The molecule has 1 saturated heterocycles. The molecule has 1 aliphatic rings. The summed E-state index contributed by atoms with van der Waals surface area (Å²) in [7, 11) is 2.11. The van der Waals surface area contributed by atoms with E-state index < -0.39 is 5.60 Å². The van der Waals surface area contributed by atoms with Crippen molar-refractivity contribution in [3.63, 3.8) is 0 Å². The minimum absolute atomic E-state index is 0.261. The maximum Gasteiger partial charge on any atom is 0.0826 e. The summed E-state index contributed by atoms with van der Waals surface area (Å²) in [6, 6.07) is 0. The van der Waals surface area contributed by atoms with Gasteiger partial charge in [-0.1, -0.05) is 6.92 Å². The molecule has 2 unspecified atom stereocenters. The van der Waals surface area contributed by atoms with Crippen LogP contribution in [0.1, 0.15) is 20.3 Å². The number of rotatable bonds is 5. The highest BCUT2D eigenvalue weighted by atomic mass is 16.5. The van der Waals surface area contributed by atoms with Gasteiger partial charge in [-0.05, 0) is 20.4 Å². The van der Waals surface area contributed by atoms with Gasteiger partial charge in [0.2, 0.25) is 0 Å². The first-order chi connectivity index (χ1) is 7.03. The second-order valence-electron chi connectivity index (χ2n) is 4.74. The summed E-state index contributed by atoms with van der Waals surface area (Å²) in [6.45, 7) is 8.10. The van der Waals surface area contributed by atoms with Crippen LogP contribution in [0.4, 0.5) is 0 Å². The monoisotopic (exact) mass is 216 g/mol. The van der Waals surface area contributed by atoms with E-state index in [1.807, 2.05) is 13.8 Å². The molecule has 90 valence electrons. The van der Waals surface area contributed by atoms with E-state index in [0.29, 0.717) is 6.54 Å². The Hall–Kier alpha value is -0.160. The fourth-order valence-corrected chi connectivity index (χ4v) is 1.62. The summed E-state index contributed by atoms with van der Waals surface area (Å²) in [5, 5.41) is 13.1. The Balaban J connectivity index is 2.14. The average molecular weight is 216 g/mol. The summed E-state index contributed by atoms with van der Waals surface area (Å²) in [4.78, 5) is 2.27. The van der Waals surface area contributed by atoms with Crippen LogP contribution in [0.2, 0.25) is 0 Å². The number of likely N-dealkylation sites (N-methyl/N-ethyl adjacent to an activating group) is 1. The molecule has 0 aliphatic carbocycles. The van der Waals surface area contributed by atoms with Crippen molar-refractivity contribution in [3.8, 4) is 0 Å². The predicted octanol–water partition coefficient (Wildman–Crippen LogP) is 0.0676. The Morgan fingerprint density at radius 3 is 2.93 bits per heavy atom. The largest absolute Gasteiger partial charge is 0.389 e. The molecule has 0 amide bonds. The van der Waals surface area contributed by atoms with E-state index in [1.54, 1.807) is 0 Å². The number of ether oxygens (including phenoxy) is 1. The Bertz CT molecular complexity index is 185. The molecule has 15 heavy (non-hydrogen) atoms. The van der Waals surface area contributed by atoms with Crippen LogP contribution in [0.15, 0.2) is 0 Å². The van der Waals surface area contributed by atoms with Gasteiger partial charge in [-0.2, -0.15) is 0 Å². The number of hydrogen-bond donors (Lipinski definition) is 2. The topological polar surface area (TPSA) is 44.7 Å². The zero-order valence-corrected chi connectivity index (χ0v) is 10.1. The first kappa shape index (κ1) is 12.9. The molecule has 1 heterocycles. The molecular formula is C11H24N2O2. The van der Waals surface area contributed by atoms with Crippen LogP contribution in [0, 0.1) is 0 Å². The van der Waals surface area contributed by atoms with Gasteiger partial charge in [0.25, 0.3) is 0 Å². The molecule has 0 spiro atoms. The van der Waals surface area contributed by atoms with Crippen LogP contribution in [-0.2, 0) is 4.74 Å². The van der Waals surface area contributed by atoms with Gasteiger partial charge in [-0.15, -0.1) is 0 Å². The Kier molecular flexibility index (Phi) is 4.99. The summed E-state index contributed by atoms with van der Waals surface area (Å²) >= 11 is 0. The third-order valence-electron chi connectivity index (χ3n) is 2.98. The second kappa shape index (κ2) is 5.80. The second-order valence-corrected chi connectivity index (χ2v) is 4.74. The predicted molar refractivity (Wildman–Crippen MR) is 61.0 cm³/mol. The number of hydrogen-bond acceptors (Lipinski definition) is 4. The van der Waals surface area contributed by atoms with Gasteiger partial charge in [0.1, 0.15) is 0 Å². The molecule has 0 radical (unpaired) electrons. The number of morpholine rings is 1. The fraction of sp³-hybridized carbons (Fsp3) is 1.00. The summed E-state index contributed by atoms with van der Waals surface area (Å²) < 4.78 is 5.61. The van der Waals surface area contributed by atoms with Gasteiger partial charge in [0.05, 0.1) is 18.3 Å². The van der Waals surface area contributed by atoms with Crippen LogP contribution < -0.4 is 5.32 Å². The van der Waals surface area contributed by atoms with Crippen molar-refractivity contribution in [1.29, 1.82) is 0 Å². The van der Waals surface area contributed by atoms with Crippen molar-refractivity contribution in [2.45, 2.75) is 32.0 Å². The van der Waals surface area contributed by atoms with E-state index >= 15 is 0 Å². The van der Waals surface area contributed by atoms with Crippen LogP contribution in [0.3, 0.4) is 0 Å². The quantitative estimate of drug-likeness (QED) is 0.682. The van der Waals surface area contributed by atoms with Crippen molar-refractivity contribution in [1.82, 2.24) is 10.2 Å². The fourth-order valence-electron chi connectivity index (χ4n) is 1.62. The van der Waals surface area contributed by atoms with Crippen molar-refractivity contribution in [3.05, 3.63) is 0 Å². The van der Waals surface area contributed by atoms with Gasteiger partial charge in [0, 0.05) is 26.2 Å². The smallest absolute Gasteiger partial charge is 0.0826 e.